The van der Waals surface area contributed by atoms with Gasteiger partial charge in [0, 0.05) is 17.2 Å². The molecule has 0 N–H and O–H groups in total. The van der Waals surface area contributed by atoms with Crippen LogP contribution in [0.4, 0.5) is 11.4 Å². The number of carbonyl (C=O) groups is 4. The summed E-state index contributed by atoms with van der Waals surface area (Å²) in [4.78, 5) is 50.6. The van der Waals surface area contributed by atoms with Gasteiger partial charge in [-0.1, -0.05) is 19.2 Å². The van der Waals surface area contributed by atoms with Gasteiger partial charge in [-0.15, -0.1) is 0 Å². The molecule has 0 atom stereocenters. The topological polar surface area (TPSA) is 93.2 Å². The molecule has 0 aromatic heterocycles. The van der Waals surface area contributed by atoms with Crippen molar-refractivity contribution in [3.8, 4) is 23.0 Å². The van der Waals surface area contributed by atoms with Gasteiger partial charge in [0.25, 0.3) is 11.8 Å². The number of nitrogens with zero attached hydrogens (tertiary/aromatic N) is 2. The molecule has 2 aliphatic heterocycles. The third kappa shape index (κ3) is 4.27. The largest absolute Gasteiger partial charge is 0.457 e. The van der Waals surface area contributed by atoms with Crippen LogP contribution in [0.5, 0.6) is 23.0 Å². The highest BCUT2D eigenvalue weighted by Gasteiger charge is 2.34. The third-order valence-corrected chi connectivity index (χ3v) is 5.71. The van der Waals surface area contributed by atoms with Crippen LogP contribution in [0.2, 0.25) is 0 Å². The maximum atomic E-state index is 12.1. The maximum Gasteiger partial charge on any atom is 0.260 e. The van der Waals surface area contributed by atoms with Gasteiger partial charge >= 0.3 is 0 Å². The highest BCUT2D eigenvalue weighted by Crippen LogP contribution is 2.32. The first-order valence-electron chi connectivity index (χ1n) is 11.1. The lowest BCUT2D eigenvalue weighted by Gasteiger charge is -2.15. The number of hydrogen-bond acceptors (Lipinski definition) is 6. The van der Waals surface area contributed by atoms with Crippen LogP contribution in [-0.4, -0.2) is 23.6 Å². The average Bonchev–Trinajstić information content (AvgIpc) is 3.27. The molecule has 2 saturated heterocycles. The fourth-order valence-electron chi connectivity index (χ4n) is 3.94. The van der Waals surface area contributed by atoms with Crippen molar-refractivity contribution in [2.45, 2.75) is 12.8 Å². The maximum absolute atomic E-state index is 12.1. The van der Waals surface area contributed by atoms with E-state index in [0.29, 0.717) is 34.4 Å². The molecule has 0 spiro atoms. The van der Waals surface area contributed by atoms with Crippen LogP contribution in [0.3, 0.4) is 0 Å². The summed E-state index contributed by atoms with van der Waals surface area (Å²) in [6, 6.07) is 20.2. The number of imide groups is 2. The predicted octanol–water partition coefficient (Wildman–Crippen LogP) is 4.91. The Balaban J connectivity index is 1.25. The average molecular weight is 480 g/mol. The minimum atomic E-state index is -0.393. The summed E-state index contributed by atoms with van der Waals surface area (Å²) in [5, 5.41) is 0. The molecule has 3 aromatic carbocycles. The first kappa shape index (κ1) is 22.8. The summed E-state index contributed by atoms with van der Waals surface area (Å²) >= 11 is 0. The Hall–Kier alpha value is -4.98. The molecule has 2 fully saturated rings. The number of hydrogen-bond donors (Lipinski definition) is 0. The zero-order valence-corrected chi connectivity index (χ0v) is 19.1. The van der Waals surface area contributed by atoms with Gasteiger partial charge in [-0.3, -0.25) is 19.2 Å². The van der Waals surface area contributed by atoms with E-state index in [1.807, 2.05) is 0 Å². The van der Waals surface area contributed by atoms with E-state index < -0.39 is 11.8 Å². The lowest BCUT2D eigenvalue weighted by atomic mass is 10.2. The van der Waals surface area contributed by atoms with Crippen LogP contribution < -0.4 is 19.3 Å². The Bertz CT molecular complexity index is 1330. The molecule has 8 heteroatoms. The van der Waals surface area contributed by atoms with E-state index in [-0.39, 0.29) is 35.8 Å². The van der Waals surface area contributed by atoms with E-state index in [9.17, 15) is 19.2 Å². The van der Waals surface area contributed by atoms with Crippen LogP contribution >= 0.6 is 0 Å². The van der Waals surface area contributed by atoms with Crippen molar-refractivity contribution in [2.24, 2.45) is 0 Å². The molecule has 0 saturated carbocycles. The van der Waals surface area contributed by atoms with Crippen molar-refractivity contribution < 1.29 is 28.7 Å². The molecule has 3 aromatic rings. The van der Waals surface area contributed by atoms with Gasteiger partial charge in [0.2, 0.25) is 11.8 Å². The molecule has 0 bridgehead atoms. The molecular formula is C28H20N2O6. The van der Waals surface area contributed by atoms with E-state index in [4.69, 9.17) is 9.47 Å². The number of anilines is 2. The van der Waals surface area contributed by atoms with Crippen molar-refractivity contribution in [1.29, 1.82) is 0 Å². The van der Waals surface area contributed by atoms with Crippen LogP contribution in [0, 0.1) is 0 Å². The molecule has 2 heterocycles. The third-order valence-electron chi connectivity index (χ3n) is 5.71. The zero-order chi connectivity index (χ0) is 25.4. The van der Waals surface area contributed by atoms with E-state index >= 15 is 0 Å². The molecular weight excluding hydrogens is 460 g/mol. The number of carbonyl (C=O) groups excluding carboxylic acids is 4. The van der Waals surface area contributed by atoms with Gasteiger partial charge in [-0.2, -0.15) is 0 Å². The number of benzene rings is 3. The first-order valence-corrected chi connectivity index (χ1v) is 11.1. The Labute approximate surface area is 206 Å². The van der Waals surface area contributed by atoms with E-state index in [1.54, 1.807) is 72.8 Å². The van der Waals surface area contributed by atoms with Crippen LogP contribution in [0.1, 0.15) is 12.8 Å². The first-order chi connectivity index (χ1) is 17.3. The Morgan fingerprint density at radius 1 is 0.556 bits per heavy atom. The SMILES string of the molecule is C=C1CC(=O)N(c2ccc(Oc3cccc(Oc4ccc(N5C(=O)CC(=C)C5=O)cc4)c3)cc2)C1=O. The normalized spacial score (nSPS) is 15.8. The number of rotatable bonds is 6. The Morgan fingerprint density at radius 2 is 0.944 bits per heavy atom. The lowest BCUT2D eigenvalue weighted by molar-refractivity contribution is -0.122. The minimum absolute atomic E-state index is 0.0247. The fraction of sp³-hybridized carbons (Fsp3) is 0.0714. The van der Waals surface area contributed by atoms with Crippen molar-refractivity contribution >= 4 is 35.0 Å². The Morgan fingerprint density at radius 3 is 1.28 bits per heavy atom. The van der Waals surface area contributed by atoms with Crippen LogP contribution in [-0.2, 0) is 19.2 Å². The monoisotopic (exact) mass is 480 g/mol. The summed E-state index contributed by atoms with van der Waals surface area (Å²) in [5.41, 5.74) is 1.46. The summed E-state index contributed by atoms with van der Waals surface area (Å²) < 4.78 is 11.8. The van der Waals surface area contributed by atoms with Crippen LogP contribution in [0.15, 0.2) is 97.1 Å². The second-order valence-corrected chi connectivity index (χ2v) is 8.30. The summed E-state index contributed by atoms with van der Waals surface area (Å²) in [7, 11) is 0. The summed E-state index contributed by atoms with van der Waals surface area (Å²) in [6.07, 6.45) is 0.0493. The number of ether oxygens (including phenoxy) is 2. The molecule has 178 valence electrons. The highest BCUT2D eigenvalue weighted by molar-refractivity contribution is 6.28. The molecule has 4 amide bonds. The van der Waals surface area contributed by atoms with Gasteiger partial charge in [-0.05, 0) is 60.7 Å². The second-order valence-electron chi connectivity index (χ2n) is 8.30. The molecule has 8 nitrogen and oxygen atoms in total. The van der Waals surface area contributed by atoms with Crippen molar-refractivity contribution in [3.05, 3.63) is 97.1 Å². The van der Waals surface area contributed by atoms with E-state index in [2.05, 4.69) is 13.2 Å². The zero-order valence-electron chi connectivity index (χ0n) is 19.1. The predicted molar refractivity (Wildman–Crippen MR) is 132 cm³/mol. The van der Waals surface area contributed by atoms with Crippen molar-refractivity contribution in [2.75, 3.05) is 9.80 Å². The Kier molecular flexibility index (Phi) is 5.69. The van der Waals surface area contributed by atoms with Gasteiger partial charge < -0.3 is 9.47 Å². The second kappa shape index (κ2) is 8.99. The van der Waals surface area contributed by atoms with Crippen molar-refractivity contribution in [3.63, 3.8) is 0 Å². The minimum Gasteiger partial charge on any atom is -0.457 e. The van der Waals surface area contributed by atoms with Crippen molar-refractivity contribution in [1.82, 2.24) is 0 Å². The molecule has 0 aliphatic carbocycles. The molecule has 0 unspecified atom stereocenters. The van der Waals surface area contributed by atoms with Gasteiger partial charge in [0.1, 0.15) is 23.0 Å². The molecule has 2 aliphatic rings. The molecule has 5 rings (SSSR count). The smallest absolute Gasteiger partial charge is 0.260 e. The van der Waals surface area contributed by atoms with Crippen LogP contribution in [0.25, 0.3) is 0 Å². The standard InChI is InChI=1S/C28H20N2O6/c1-17-14-25(31)29(27(17)33)19-6-10-21(11-7-19)35-23-4-3-5-24(16-23)36-22-12-8-20(9-13-22)30-26(32)15-18(2)28(30)34/h3-13,16H,1-2,14-15H2. The fourth-order valence-corrected chi connectivity index (χ4v) is 3.94. The quantitative estimate of drug-likeness (QED) is 0.368. The van der Waals surface area contributed by atoms with E-state index in [1.165, 1.54) is 0 Å². The molecule has 36 heavy (non-hydrogen) atoms. The van der Waals surface area contributed by atoms with Gasteiger partial charge in [0.05, 0.1) is 24.2 Å². The number of amides is 4. The summed E-state index contributed by atoms with van der Waals surface area (Å²) in [5.74, 6) is 0.669. The van der Waals surface area contributed by atoms with E-state index in [0.717, 1.165) is 9.80 Å². The highest BCUT2D eigenvalue weighted by atomic mass is 16.5. The molecule has 0 radical (unpaired) electrons. The van der Waals surface area contributed by atoms with Gasteiger partial charge in [-0.25, -0.2) is 9.80 Å². The van der Waals surface area contributed by atoms with Gasteiger partial charge in [0.15, 0.2) is 0 Å². The lowest BCUT2D eigenvalue weighted by Crippen LogP contribution is -2.28. The summed E-state index contributed by atoms with van der Waals surface area (Å²) in [6.45, 7) is 7.25.